The fourth-order valence-electron chi connectivity index (χ4n) is 4.47. The van der Waals surface area contributed by atoms with Gasteiger partial charge in [0.15, 0.2) is 0 Å². The Balaban J connectivity index is 1.84. The lowest BCUT2D eigenvalue weighted by Gasteiger charge is -2.40. The SMILES string of the molecule is COc1ccc(OC)c(/C=C/[C@]23NC(=O)CN2c2ccc(C)cc2C3(C)C)c1. The lowest BCUT2D eigenvalue weighted by molar-refractivity contribution is -0.118. The lowest BCUT2D eigenvalue weighted by atomic mass is 9.75. The second kappa shape index (κ2) is 6.30. The summed E-state index contributed by atoms with van der Waals surface area (Å²) in [6, 6.07) is 12.1. The molecule has 5 heteroatoms. The Bertz CT molecular complexity index is 980. The number of nitrogens with zero attached hydrogens (tertiary/aromatic N) is 1. The molecule has 1 atom stereocenters. The third kappa shape index (κ3) is 2.49. The van der Waals surface area contributed by atoms with E-state index in [9.17, 15) is 4.79 Å². The largest absolute Gasteiger partial charge is 0.497 e. The van der Waals surface area contributed by atoms with E-state index in [4.69, 9.17) is 9.47 Å². The summed E-state index contributed by atoms with van der Waals surface area (Å²) in [4.78, 5) is 14.6. The first-order chi connectivity index (χ1) is 13.3. The number of carbonyl (C=O) groups excluding carboxylic acids is 1. The highest BCUT2D eigenvalue weighted by Gasteiger charge is 2.59. The van der Waals surface area contributed by atoms with Crippen LogP contribution in [-0.2, 0) is 10.2 Å². The zero-order valence-electron chi connectivity index (χ0n) is 17.0. The molecule has 1 saturated heterocycles. The highest BCUT2D eigenvalue weighted by molar-refractivity contribution is 5.91. The third-order valence-electron chi connectivity index (χ3n) is 6.07. The number of aryl methyl sites for hydroxylation is 1. The Morgan fingerprint density at radius 2 is 1.89 bits per heavy atom. The van der Waals surface area contributed by atoms with Crippen LogP contribution < -0.4 is 19.7 Å². The molecule has 28 heavy (non-hydrogen) atoms. The predicted molar refractivity (Wildman–Crippen MR) is 111 cm³/mol. The summed E-state index contributed by atoms with van der Waals surface area (Å²) in [5, 5.41) is 3.25. The van der Waals surface area contributed by atoms with E-state index in [0.29, 0.717) is 6.54 Å². The first-order valence-corrected chi connectivity index (χ1v) is 9.43. The molecule has 0 radical (unpaired) electrons. The van der Waals surface area contributed by atoms with Crippen molar-refractivity contribution in [2.75, 3.05) is 25.7 Å². The van der Waals surface area contributed by atoms with Gasteiger partial charge in [-0.05, 0) is 42.8 Å². The lowest BCUT2D eigenvalue weighted by Crippen LogP contribution is -2.58. The summed E-state index contributed by atoms with van der Waals surface area (Å²) < 4.78 is 10.9. The maximum atomic E-state index is 12.4. The minimum absolute atomic E-state index is 0.0292. The van der Waals surface area contributed by atoms with Crippen molar-refractivity contribution in [3.63, 3.8) is 0 Å². The highest BCUT2D eigenvalue weighted by Crippen LogP contribution is 2.53. The van der Waals surface area contributed by atoms with E-state index in [1.165, 1.54) is 11.1 Å². The average molecular weight is 378 g/mol. The zero-order chi connectivity index (χ0) is 20.1. The number of hydrogen-bond donors (Lipinski definition) is 1. The van der Waals surface area contributed by atoms with Crippen molar-refractivity contribution in [2.24, 2.45) is 0 Å². The summed E-state index contributed by atoms with van der Waals surface area (Å²) >= 11 is 0. The van der Waals surface area contributed by atoms with Gasteiger partial charge in [-0.15, -0.1) is 0 Å². The van der Waals surface area contributed by atoms with Gasteiger partial charge in [0.2, 0.25) is 5.91 Å². The van der Waals surface area contributed by atoms with Crippen molar-refractivity contribution >= 4 is 17.7 Å². The highest BCUT2D eigenvalue weighted by atomic mass is 16.5. The number of nitrogens with one attached hydrogen (secondary N) is 1. The first-order valence-electron chi connectivity index (χ1n) is 9.43. The molecule has 2 heterocycles. The quantitative estimate of drug-likeness (QED) is 0.882. The molecular formula is C23H26N2O3. The molecule has 2 aromatic rings. The molecule has 5 nitrogen and oxygen atoms in total. The van der Waals surface area contributed by atoms with Gasteiger partial charge in [-0.25, -0.2) is 0 Å². The van der Waals surface area contributed by atoms with Crippen molar-refractivity contribution in [1.82, 2.24) is 5.32 Å². The molecule has 1 amide bonds. The number of fused-ring (bicyclic) bond motifs is 3. The van der Waals surface area contributed by atoms with Crippen LogP contribution in [0.2, 0.25) is 0 Å². The normalized spacial score (nSPS) is 22.2. The molecule has 0 unspecified atom stereocenters. The van der Waals surface area contributed by atoms with Crippen LogP contribution in [0.1, 0.15) is 30.5 Å². The molecule has 0 bridgehead atoms. The molecule has 1 N–H and O–H groups in total. The number of carbonyl (C=O) groups is 1. The number of hydrogen-bond acceptors (Lipinski definition) is 4. The number of anilines is 1. The van der Waals surface area contributed by atoms with Gasteiger partial charge < -0.3 is 19.7 Å². The smallest absolute Gasteiger partial charge is 0.241 e. The molecular weight excluding hydrogens is 352 g/mol. The van der Waals surface area contributed by atoms with E-state index in [-0.39, 0.29) is 11.3 Å². The molecule has 2 aliphatic heterocycles. The number of rotatable bonds is 4. The van der Waals surface area contributed by atoms with Gasteiger partial charge in [0, 0.05) is 16.7 Å². The van der Waals surface area contributed by atoms with Crippen LogP contribution >= 0.6 is 0 Å². The minimum atomic E-state index is -0.631. The number of amides is 1. The van der Waals surface area contributed by atoms with Gasteiger partial charge in [0.05, 0.1) is 20.8 Å². The molecule has 0 spiro atoms. The first kappa shape index (κ1) is 18.4. The Morgan fingerprint density at radius 1 is 1.11 bits per heavy atom. The molecule has 0 aromatic heterocycles. The van der Waals surface area contributed by atoms with Crippen molar-refractivity contribution in [3.8, 4) is 11.5 Å². The molecule has 0 aliphatic carbocycles. The van der Waals surface area contributed by atoms with E-state index in [2.05, 4.69) is 55.3 Å². The molecule has 2 aliphatic rings. The maximum absolute atomic E-state index is 12.4. The van der Waals surface area contributed by atoms with Crippen LogP contribution in [0.15, 0.2) is 42.5 Å². The van der Waals surface area contributed by atoms with Gasteiger partial charge in [0.25, 0.3) is 0 Å². The Hall–Kier alpha value is -2.95. The van der Waals surface area contributed by atoms with E-state index >= 15 is 0 Å². The molecule has 0 saturated carbocycles. The summed E-state index contributed by atoms with van der Waals surface area (Å²) in [5.41, 5.74) is 3.54. The van der Waals surface area contributed by atoms with Crippen LogP contribution in [0.5, 0.6) is 11.5 Å². The minimum Gasteiger partial charge on any atom is -0.497 e. The van der Waals surface area contributed by atoms with Crippen LogP contribution in [0.25, 0.3) is 6.08 Å². The average Bonchev–Trinajstić information content (AvgIpc) is 3.10. The van der Waals surface area contributed by atoms with E-state index < -0.39 is 5.66 Å². The van der Waals surface area contributed by atoms with E-state index in [1.54, 1.807) is 14.2 Å². The summed E-state index contributed by atoms with van der Waals surface area (Å²) in [5.74, 6) is 1.55. The Morgan fingerprint density at radius 3 is 2.61 bits per heavy atom. The van der Waals surface area contributed by atoms with Crippen molar-refractivity contribution in [2.45, 2.75) is 31.8 Å². The zero-order valence-corrected chi connectivity index (χ0v) is 17.0. The van der Waals surface area contributed by atoms with Gasteiger partial charge in [-0.1, -0.05) is 37.6 Å². The number of ether oxygens (including phenoxy) is 2. The molecule has 4 rings (SSSR count). The molecule has 2 aromatic carbocycles. The Kier molecular flexibility index (Phi) is 4.14. The van der Waals surface area contributed by atoms with Gasteiger partial charge in [-0.3, -0.25) is 4.79 Å². The van der Waals surface area contributed by atoms with Gasteiger partial charge in [-0.2, -0.15) is 0 Å². The van der Waals surface area contributed by atoms with E-state index in [1.807, 2.05) is 24.3 Å². The third-order valence-corrected chi connectivity index (χ3v) is 6.07. The van der Waals surface area contributed by atoms with Crippen LogP contribution in [-0.4, -0.2) is 32.3 Å². The fourth-order valence-corrected chi connectivity index (χ4v) is 4.47. The summed E-state index contributed by atoms with van der Waals surface area (Å²) in [7, 11) is 3.30. The van der Waals surface area contributed by atoms with Crippen molar-refractivity contribution in [3.05, 3.63) is 59.2 Å². The molecule has 146 valence electrons. The Labute approximate surface area is 165 Å². The molecule has 1 fully saturated rings. The maximum Gasteiger partial charge on any atom is 0.241 e. The second-order valence-electron chi connectivity index (χ2n) is 7.99. The van der Waals surface area contributed by atoms with Crippen LogP contribution in [0.3, 0.4) is 0 Å². The van der Waals surface area contributed by atoms with Gasteiger partial charge >= 0.3 is 0 Å². The second-order valence-corrected chi connectivity index (χ2v) is 7.99. The topological polar surface area (TPSA) is 50.8 Å². The monoisotopic (exact) mass is 378 g/mol. The van der Waals surface area contributed by atoms with E-state index in [0.717, 1.165) is 22.7 Å². The van der Waals surface area contributed by atoms with Gasteiger partial charge in [0.1, 0.15) is 17.2 Å². The van der Waals surface area contributed by atoms with Crippen LogP contribution in [0, 0.1) is 6.92 Å². The standard InChI is InChI=1S/C23H26N2O3/c1-15-6-8-19-18(12-15)22(2,3)23(24-21(26)14-25(19)23)11-10-16-13-17(27-4)7-9-20(16)28-5/h6-13H,14H2,1-5H3,(H,24,26)/b11-10+/t23-/m0/s1. The van der Waals surface area contributed by atoms with Crippen molar-refractivity contribution in [1.29, 1.82) is 0 Å². The number of methoxy groups -OCH3 is 2. The predicted octanol–water partition coefficient (Wildman–Crippen LogP) is 3.65. The summed E-state index contributed by atoms with van der Waals surface area (Å²) in [6.07, 6.45) is 4.10. The van der Waals surface area contributed by atoms with Crippen molar-refractivity contribution < 1.29 is 14.3 Å². The fraction of sp³-hybridized carbons (Fsp3) is 0.348. The summed E-state index contributed by atoms with van der Waals surface area (Å²) in [6.45, 7) is 6.81. The van der Waals surface area contributed by atoms with Crippen LogP contribution in [0.4, 0.5) is 5.69 Å². The number of benzene rings is 2.